The molecule has 2 rings (SSSR count). The number of benzene rings is 1. The third-order valence-electron chi connectivity index (χ3n) is 2.53. The van der Waals surface area contributed by atoms with E-state index in [9.17, 15) is 8.42 Å². The van der Waals surface area contributed by atoms with Crippen molar-refractivity contribution >= 4 is 41.9 Å². The van der Waals surface area contributed by atoms with Crippen LogP contribution in [0, 0.1) is 0 Å². The fraction of sp³-hybridized carbons (Fsp3) is 0.182. The van der Waals surface area contributed by atoms with Crippen LogP contribution in [0.3, 0.4) is 0 Å². The van der Waals surface area contributed by atoms with Crippen LogP contribution in [0.4, 0.5) is 0 Å². The van der Waals surface area contributed by atoms with Crippen molar-refractivity contribution in [2.24, 2.45) is 0 Å². The lowest BCUT2D eigenvalue weighted by Crippen LogP contribution is -2.27. The summed E-state index contributed by atoms with van der Waals surface area (Å²) < 4.78 is 28.5. The van der Waals surface area contributed by atoms with E-state index in [0.29, 0.717) is 8.95 Å². The molecule has 0 saturated heterocycles. The van der Waals surface area contributed by atoms with Gasteiger partial charge in [-0.3, -0.25) is 5.10 Å². The number of sulfonamides is 1. The first-order chi connectivity index (χ1) is 8.90. The Morgan fingerprint density at radius 3 is 2.74 bits per heavy atom. The van der Waals surface area contributed by atoms with Crippen molar-refractivity contribution in [3.05, 3.63) is 45.1 Å². The summed E-state index contributed by atoms with van der Waals surface area (Å²) in [6.07, 6.45) is 3.24. The molecule has 1 unspecified atom stereocenters. The molecule has 0 aliphatic rings. The smallest absolute Gasteiger partial charge is 0.242 e. The molecule has 19 heavy (non-hydrogen) atoms. The first kappa shape index (κ1) is 14.7. The molecular formula is C11H11Br2N3O2S. The molecule has 0 fully saturated rings. The molecule has 1 atom stereocenters. The highest BCUT2D eigenvalue weighted by Crippen LogP contribution is 2.26. The fourth-order valence-corrected chi connectivity index (χ4v) is 4.28. The lowest BCUT2D eigenvalue weighted by molar-refractivity contribution is 0.566. The van der Waals surface area contributed by atoms with Gasteiger partial charge in [0.2, 0.25) is 10.0 Å². The quantitative estimate of drug-likeness (QED) is 0.816. The maximum Gasteiger partial charge on any atom is 0.242 e. The number of nitrogens with zero attached hydrogens (tertiary/aromatic N) is 1. The molecule has 1 heterocycles. The SMILES string of the molecule is CC(NS(=O)(=O)c1cc(Br)ccc1Br)c1cn[nH]c1. The van der Waals surface area contributed by atoms with Crippen molar-refractivity contribution in [3.63, 3.8) is 0 Å². The summed E-state index contributed by atoms with van der Waals surface area (Å²) in [5.41, 5.74) is 0.773. The summed E-state index contributed by atoms with van der Waals surface area (Å²) in [7, 11) is -3.61. The molecule has 8 heteroatoms. The Morgan fingerprint density at radius 2 is 2.11 bits per heavy atom. The predicted molar refractivity (Wildman–Crippen MR) is 79.2 cm³/mol. The molecule has 5 nitrogen and oxygen atoms in total. The van der Waals surface area contributed by atoms with Crippen LogP contribution in [0.2, 0.25) is 0 Å². The second-order valence-corrected chi connectivity index (χ2v) is 7.40. The number of aromatic amines is 1. The molecule has 1 aromatic heterocycles. The van der Waals surface area contributed by atoms with E-state index in [2.05, 4.69) is 46.8 Å². The first-order valence-electron chi connectivity index (χ1n) is 5.36. The van der Waals surface area contributed by atoms with E-state index < -0.39 is 10.0 Å². The summed E-state index contributed by atoms with van der Waals surface area (Å²) in [5, 5.41) is 6.46. The van der Waals surface area contributed by atoms with Gasteiger partial charge in [-0.1, -0.05) is 15.9 Å². The van der Waals surface area contributed by atoms with E-state index in [0.717, 1.165) is 5.56 Å². The summed E-state index contributed by atoms with van der Waals surface area (Å²) in [4.78, 5) is 0.192. The number of nitrogens with one attached hydrogen (secondary N) is 2. The van der Waals surface area contributed by atoms with E-state index in [1.807, 2.05) is 0 Å². The first-order valence-corrected chi connectivity index (χ1v) is 8.43. The van der Waals surface area contributed by atoms with Crippen LogP contribution in [-0.4, -0.2) is 18.6 Å². The van der Waals surface area contributed by atoms with Crippen LogP contribution in [0.5, 0.6) is 0 Å². The third kappa shape index (κ3) is 3.44. The average molecular weight is 409 g/mol. The van der Waals surface area contributed by atoms with Gasteiger partial charge < -0.3 is 0 Å². The van der Waals surface area contributed by atoms with Crippen molar-refractivity contribution in [3.8, 4) is 0 Å². The van der Waals surface area contributed by atoms with Crippen molar-refractivity contribution in [2.45, 2.75) is 17.9 Å². The maximum absolute atomic E-state index is 12.3. The summed E-state index contributed by atoms with van der Waals surface area (Å²) >= 11 is 6.51. The third-order valence-corrected chi connectivity index (χ3v) is 5.56. The van der Waals surface area contributed by atoms with E-state index in [-0.39, 0.29) is 10.9 Å². The molecule has 0 amide bonds. The Labute approximate surface area is 128 Å². The number of halogens is 2. The number of H-pyrrole nitrogens is 1. The lowest BCUT2D eigenvalue weighted by Gasteiger charge is -2.13. The molecule has 0 saturated carbocycles. The van der Waals surface area contributed by atoms with Crippen LogP contribution in [-0.2, 0) is 10.0 Å². The van der Waals surface area contributed by atoms with E-state index in [1.165, 1.54) is 0 Å². The molecule has 2 aromatic rings. The predicted octanol–water partition coefficient (Wildman–Crippen LogP) is 2.97. The lowest BCUT2D eigenvalue weighted by atomic mass is 10.2. The van der Waals surface area contributed by atoms with Crippen molar-refractivity contribution in [1.82, 2.24) is 14.9 Å². The fourth-order valence-electron chi connectivity index (χ4n) is 1.55. The number of aromatic nitrogens is 2. The zero-order valence-electron chi connectivity index (χ0n) is 9.89. The van der Waals surface area contributed by atoms with Crippen LogP contribution in [0.1, 0.15) is 18.5 Å². The molecule has 102 valence electrons. The van der Waals surface area contributed by atoms with E-state index >= 15 is 0 Å². The standard InChI is InChI=1S/C11H11Br2N3O2S/c1-7(8-5-14-15-6-8)16-19(17,18)11-4-9(12)2-3-10(11)13/h2-7,16H,1H3,(H,14,15). The molecule has 0 bridgehead atoms. The Morgan fingerprint density at radius 1 is 1.37 bits per heavy atom. The molecule has 0 aliphatic carbocycles. The van der Waals surface area contributed by atoms with E-state index in [1.54, 1.807) is 37.5 Å². The van der Waals surface area contributed by atoms with Gasteiger partial charge >= 0.3 is 0 Å². The zero-order chi connectivity index (χ0) is 14.0. The summed E-state index contributed by atoms with van der Waals surface area (Å²) in [6.45, 7) is 1.76. The highest BCUT2D eigenvalue weighted by Gasteiger charge is 2.21. The van der Waals surface area contributed by atoms with Crippen molar-refractivity contribution < 1.29 is 8.42 Å². The highest BCUT2D eigenvalue weighted by atomic mass is 79.9. The van der Waals surface area contributed by atoms with Gasteiger partial charge in [-0.2, -0.15) is 5.10 Å². The second kappa shape index (κ2) is 5.74. The molecule has 2 N–H and O–H groups in total. The Balaban J connectivity index is 2.30. The largest absolute Gasteiger partial charge is 0.285 e. The molecule has 0 spiro atoms. The minimum Gasteiger partial charge on any atom is -0.285 e. The van der Waals surface area contributed by atoms with Gasteiger partial charge in [-0.15, -0.1) is 0 Å². The second-order valence-electron chi connectivity index (χ2n) is 3.95. The Hall–Kier alpha value is -0.700. The van der Waals surface area contributed by atoms with Gasteiger partial charge in [0.25, 0.3) is 0 Å². The minimum atomic E-state index is -3.61. The molecule has 1 aromatic carbocycles. The Bertz CT molecular complexity index is 671. The van der Waals surface area contributed by atoms with Crippen LogP contribution in [0.25, 0.3) is 0 Å². The molecule has 0 radical (unpaired) electrons. The number of rotatable bonds is 4. The minimum absolute atomic E-state index is 0.192. The number of hydrogen-bond donors (Lipinski definition) is 2. The van der Waals surface area contributed by atoms with Gasteiger partial charge in [0, 0.05) is 26.7 Å². The van der Waals surface area contributed by atoms with Gasteiger partial charge in [0.1, 0.15) is 0 Å². The van der Waals surface area contributed by atoms with Gasteiger partial charge in [0.15, 0.2) is 0 Å². The number of hydrogen-bond acceptors (Lipinski definition) is 3. The van der Waals surface area contributed by atoms with Crippen LogP contribution in [0.15, 0.2) is 44.4 Å². The van der Waals surface area contributed by atoms with Crippen molar-refractivity contribution in [1.29, 1.82) is 0 Å². The van der Waals surface area contributed by atoms with Crippen molar-refractivity contribution in [2.75, 3.05) is 0 Å². The molecule has 0 aliphatic heterocycles. The van der Waals surface area contributed by atoms with Gasteiger partial charge in [0.05, 0.1) is 11.1 Å². The topological polar surface area (TPSA) is 74.8 Å². The monoisotopic (exact) mass is 407 g/mol. The van der Waals surface area contributed by atoms with Gasteiger partial charge in [-0.05, 0) is 41.1 Å². The zero-order valence-corrected chi connectivity index (χ0v) is 13.9. The summed E-state index contributed by atoms with van der Waals surface area (Å²) in [6, 6.07) is 4.63. The molecular weight excluding hydrogens is 398 g/mol. The van der Waals surface area contributed by atoms with Gasteiger partial charge in [-0.25, -0.2) is 13.1 Å². The highest BCUT2D eigenvalue weighted by molar-refractivity contribution is 9.11. The van der Waals surface area contributed by atoms with E-state index in [4.69, 9.17) is 0 Å². The van der Waals surface area contributed by atoms with Crippen LogP contribution >= 0.6 is 31.9 Å². The normalized spacial score (nSPS) is 13.4. The Kier molecular flexibility index (Phi) is 4.44. The maximum atomic E-state index is 12.3. The average Bonchev–Trinajstić information content (AvgIpc) is 2.85. The van der Waals surface area contributed by atoms with Crippen LogP contribution < -0.4 is 4.72 Å². The summed E-state index contributed by atoms with van der Waals surface area (Å²) in [5.74, 6) is 0.